The molecule has 0 aromatic heterocycles. The SMILES string of the molecule is CC(C)OP1(=S)OC[C@@]2(C(F)F)O[C@@H](N3C=C(F)C(=O)CC3=O)[C@@H](F)[C@@H]2O1. The van der Waals surface area contributed by atoms with Crippen LogP contribution in [0.15, 0.2) is 12.0 Å². The molecule has 0 aromatic carbocycles. The summed E-state index contributed by atoms with van der Waals surface area (Å²) in [6, 6.07) is 0. The van der Waals surface area contributed by atoms with Crippen molar-refractivity contribution in [3.63, 3.8) is 0 Å². The van der Waals surface area contributed by atoms with Gasteiger partial charge in [-0.25, -0.2) is 17.6 Å². The first kappa shape index (κ1) is 20.8. The highest BCUT2D eigenvalue weighted by Crippen LogP contribution is 2.61. The van der Waals surface area contributed by atoms with Crippen LogP contribution in [-0.4, -0.2) is 59.8 Å². The fraction of sp³-hybridized carbons (Fsp3) is 0.714. The molecule has 0 spiro atoms. The predicted octanol–water partition coefficient (Wildman–Crippen LogP) is 2.36. The van der Waals surface area contributed by atoms with E-state index >= 15 is 4.39 Å². The van der Waals surface area contributed by atoms with Crippen molar-refractivity contribution >= 4 is 30.2 Å². The van der Waals surface area contributed by atoms with Gasteiger partial charge in [0.1, 0.15) is 6.10 Å². The zero-order valence-electron chi connectivity index (χ0n) is 14.1. The number of carbonyl (C=O) groups excluding carboxylic acids is 2. The van der Waals surface area contributed by atoms with Crippen molar-refractivity contribution in [3.05, 3.63) is 12.0 Å². The number of hydrogen-bond acceptors (Lipinski definition) is 7. The average molecular weight is 433 g/mol. The van der Waals surface area contributed by atoms with E-state index in [9.17, 15) is 22.8 Å². The summed E-state index contributed by atoms with van der Waals surface area (Å²) in [6.45, 7) is -1.15. The summed E-state index contributed by atoms with van der Waals surface area (Å²) >= 11 is 5.08. The summed E-state index contributed by atoms with van der Waals surface area (Å²) in [5.41, 5.74) is -2.56. The van der Waals surface area contributed by atoms with Crippen LogP contribution in [0.2, 0.25) is 0 Å². The average Bonchev–Trinajstić information content (AvgIpc) is 2.84. The second kappa shape index (κ2) is 7.16. The van der Waals surface area contributed by atoms with Crippen LogP contribution in [-0.2, 0) is 39.7 Å². The summed E-state index contributed by atoms with van der Waals surface area (Å²) in [5, 5.41) is 0. The van der Waals surface area contributed by atoms with Gasteiger partial charge in [0.05, 0.1) is 19.1 Å². The molecule has 152 valence electrons. The van der Waals surface area contributed by atoms with E-state index in [-0.39, 0.29) is 0 Å². The fourth-order valence-corrected chi connectivity index (χ4v) is 5.52. The highest BCUT2D eigenvalue weighted by atomic mass is 32.5. The van der Waals surface area contributed by atoms with Gasteiger partial charge < -0.3 is 13.8 Å². The van der Waals surface area contributed by atoms with Crippen molar-refractivity contribution in [2.24, 2.45) is 0 Å². The molecule has 5 atom stereocenters. The van der Waals surface area contributed by atoms with Crippen LogP contribution in [0.1, 0.15) is 20.3 Å². The van der Waals surface area contributed by atoms with Gasteiger partial charge in [0.2, 0.25) is 11.7 Å². The number of hydrogen-bond donors (Lipinski definition) is 0. The molecule has 0 radical (unpaired) electrons. The lowest BCUT2D eigenvalue weighted by Gasteiger charge is -2.41. The maximum atomic E-state index is 15.0. The second-order valence-electron chi connectivity index (χ2n) is 6.49. The Kier molecular flexibility index (Phi) is 5.52. The third-order valence-corrected chi connectivity index (χ3v) is 6.62. The van der Waals surface area contributed by atoms with E-state index in [2.05, 4.69) is 0 Å². The van der Waals surface area contributed by atoms with Crippen LogP contribution in [0.25, 0.3) is 0 Å². The van der Waals surface area contributed by atoms with Gasteiger partial charge in [-0.2, -0.15) is 0 Å². The smallest absolute Gasteiger partial charge is 0.328 e. The monoisotopic (exact) mass is 433 g/mol. The van der Waals surface area contributed by atoms with Crippen molar-refractivity contribution in [1.29, 1.82) is 0 Å². The molecule has 3 aliphatic heterocycles. The normalized spacial score (nSPS) is 39.9. The molecular formula is C14H16F4NO6PS. The Morgan fingerprint density at radius 1 is 1.41 bits per heavy atom. The molecule has 0 aliphatic carbocycles. The molecule has 0 N–H and O–H groups in total. The number of fused-ring (bicyclic) bond motifs is 1. The van der Waals surface area contributed by atoms with E-state index in [0.29, 0.717) is 11.1 Å². The largest absolute Gasteiger partial charge is 0.337 e. The number of amides is 1. The Balaban J connectivity index is 1.93. The quantitative estimate of drug-likeness (QED) is 0.383. The minimum atomic E-state index is -3.53. The number of ether oxygens (including phenoxy) is 1. The number of Topliss-reactive ketones (excluding diaryl/α,β-unsaturated/α-hetero) is 1. The van der Waals surface area contributed by atoms with E-state index in [1.807, 2.05) is 0 Å². The van der Waals surface area contributed by atoms with Gasteiger partial charge in [0.25, 0.3) is 6.43 Å². The van der Waals surface area contributed by atoms with Gasteiger partial charge in [-0.3, -0.25) is 19.0 Å². The van der Waals surface area contributed by atoms with E-state index in [1.165, 1.54) is 0 Å². The number of allylic oxidation sites excluding steroid dienone is 1. The number of rotatable bonds is 4. The Bertz CT molecular complexity index is 736. The molecular weight excluding hydrogens is 417 g/mol. The van der Waals surface area contributed by atoms with E-state index < -0.39 is 73.9 Å². The standard InChI is InChI=1S/C14H16F4NO6PS/c1-6(2)24-26(27)22-5-14(13(17)18)11(25-26)10(16)12(23-14)19-4-7(15)8(20)3-9(19)21/h4,6,10-13H,3,5H2,1-2H3/t10-,11-,12+,14+,26?/m0/s1. The maximum Gasteiger partial charge on any atom is 0.328 e. The van der Waals surface area contributed by atoms with Crippen LogP contribution >= 0.6 is 6.72 Å². The number of ketones is 1. The van der Waals surface area contributed by atoms with Crippen molar-refractivity contribution in [3.8, 4) is 0 Å². The lowest BCUT2D eigenvalue weighted by Crippen LogP contribution is -2.55. The minimum absolute atomic E-state index is 0.434. The van der Waals surface area contributed by atoms with Gasteiger partial charge in [-0.15, -0.1) is 0 Å². The lowest BCUT2D eigenvalue weighted by atomic mass is 9.97. The Hall–Kier alpha value is -0.910. The van der Waals surface area contributed by atoms with Crippen molar-refractivity contribution in [1.82, 2.24) is 4.90 Å². The van der Waals surface area contributed by atoms with E-state index in [4.69, 9.17) is 30.1 Å². The van der Waals surface area contributed by atoms with Crippen LogP contribution in [0, 0.1) is 0 Å². The first-order valence-electron chi connectivity index (χ1n) is 7.92. The van der Waals surface area contributed by atoms with Gasteiger partial charge in [-0.1, -0.05) is 0 Å². The molecule has 7 nitrogen and oxygen atoms in total. The van der Waals surface area contributed by atoms with Gasteiger partial charge in [0.15, 0.2) is 23.8 Å². The second-order valence-corrected chi connectivity index (χ2v) is 9.40. The van der Waals surface area contributed by atoms with Crippen molar-refractivity contribution in [2.75, 3.05) is 6.61 Å². The summed E-state index contributed by atoms with van der Waals surface area (Å²) in [4.78, 5) is 23.7. The minimum Gasteiger partial charge on any atom is -0.337 e. The first-order chi connectivity index (χ1) is 12.5. The highest BCUT2D eigenvalue weighted by Gasteiger charge is 2.67. The summed E-state index contributed by atoms with van der Waals surface area (Å²) in [6.07, 6.45) is -10.3. The third-order valence-electron chi connectivity index (χ3n) is 4.18. The summed E-state index contributed by atoms with van der Waals surface area (Å²) in [5.74, 6) is -3.39. The molecule has 13 heteroatoms. The number of nitrogens with zero attached hydrogens (tertiary/aromatic N) is 1. The number of halogens is 4. The van der Waals surface area contributed by atoms with Crippen LogP contribution in [0.5, 0.6) is 0 Å². The number of alkyl halides is 3. The third kappa shape index (κ3) is 3.58. The van der Waals surface area contributed by atoms with Crippen LogP contribution in [0.4, 0.5) is 17.6 Å². The molecule has 0 saturated carbocycles. The van der Waals surface area contributed by atoms with Crippen molar-refractivity contribution in [2.45, 2.75) is 56.9 Å². The highest BCUT2D eigenvalue weighted by molar-refractivity contribution is 8.07. The van der Waals surface area contributed by atoms with Gasteiger partial charge in [0, 0.05) is 6.20 Å². The molecule has 2 saturated heterocycles. The fourth-order valence-electron chi connectivity index (χ4n) is 2.95. The lowest BCUT2D eigenvalue weighted by molar-refractivity contribution is -0.210. The zero-order valence-corrected chi connectivity index (χ0v) is 15.9. The van der Waals surface area contributed by atoms with E-state index in [1.54, 1.807) is 13.8 Å². The maximum absolute atomic E-state index is 15.0. The summed E-state index contributed by atoms with van der Waals surface area (Å²) < 4.78 is 77.0. The Morgan fingerprint density at radius 3 is 2.67 bits per heavy atom. The Morgan fingerprint density at radius 2 is 2.07 bits per heavy atom. The molecule has 3 aliphatic rings. The molecule has 3 rings (SSSR count). The van der Waals surface area contributed by atoms with Crippen molar-refractivity contribution < 1.29 is 45.5 Å². The van der Waals surface area contributed by atoms with Crippen LogP contribution in [0.3, 0.4) is 0 Å². The predicted molar refractivity (Wildman–Crippen MR) is 85.5 cm³/mol. The van der Waals surface area contributed by atoms with Crippen LogP contribution < -0.4 is 0 Å². The molecule has 3 heterocycles. The molecule has 1 amide bonds. The molecule has 2 fully saturated rings. The van der Waals surface area contributed by atoms with Gasteiger partial charge >= 0.3 is 6.72 Å². The topological polar surface area (TPSA) is 74.3 Å². The summed E-state index contributed by atoms with van der Waals surface area (Å²) in [7, 11) is 0. The number of carbonyl (C=O) groups is 2. The van der Waals surface area contributed by atoms with Gasteiger partial charge in [-0.05, 0) is 25.7 Å². The molecule has 1 unspecified atom stereocenters. The molecule has 27 heavy (non-hydrogen) atoms. The van der Waals surface area contributed by atoms with E-state index in [0.717, 1.165) is 0 Å². The Labute approximate surface area is 156 Å². The molecule has 0 bridgehead atoms. The first-order valence-corrected chi connectivity index (χ1v) is 10.5. The molecule has 0 aromatic rings. The zero-order chi connectivity index (χ0) is 20.1.